The molecule has 3 aromatic heterocycles. The maximum atomic E-state index is 13.0. The zero-order valence-electron chi connectivity index (χ0n) is 15.5. The van der Waals surface area contributed by atoms with E-state index in [0.717, 1.165) is 43.4 Å². The number of rotatable bonds is 4. The fourth-order valence-corrected chi connectivity index (χ4v) is 4.70. The maximum absolute atomic E-state index is 13.0. The van der Waals surface area contributed by atoms with Crippen molar-refractivity contribution in [1.29, 1.82) is 0 Å². The number of nitrogens with zero attached hydrogens (tertiary/aromatic N) is 5. The molecular weight excluding hydrogens is 338 g/mol. The predicted molar refractivity (Wildman–Crippen MR) is 101 cm³/mol. The van der Waals surface area contributed by atoms with Gasteiger partial charge in [0.2, 0.25) is 5.91 Å². The van der Waals surface area contributed by atoms with Gasteiger partial charge in [-0.3, -0.25) is 9.78 Å². The lowest BCUT2D eigenvalue weighted by atomic mass is 9.98. The maximum Gasteiger partial charge on any atom is 0.223 e. The van der Waals surface area contributed by atoms with Crippen LogP contribution in [0.4, 0.5) is 0 Å². The normalized spacial score (nSPS) is 20.9. The third-order valence-electron chi connectivity index (χ3n) is 5.92. The molecule has 0 spiro atoms. The number of carbonyl (C=O) groups is 1. The highest BCUT2D eigenvalue weighted by Gasteiger charge is 2.43. The summed E-state index contributed by atoms with van der Waals surface area (Å²) < 4.78 is 1.99. The van der Waals surface area contributed by atoms with Gasteiger partial charge in [0, 0.05) is 49.1 Å². The second-order valence-electron chi connectivity index (χ2n) is 7.68. The second-order valence-corrected chi connectivity index (χ2v) is 7.68. The monoisotopic (exact) mass is 361 g/mol. The average Bonchev–Trinajstić information content (AvgIpc) is 3.21. The molecule has 6 nitrogen and oxygen atoms in total. The largest absolute Gasteiger partial charge is 0.332 e. The third kappa shape index (κ3) is 2.80. The van der Waals surface area contributed by atoms with Gasteiger partial charge < -0.3 is 4.90 Å². The van der Waals surface area contributed by atoms with Crippen molar-refractivity contribution in [1.82, 2.24) is 24.5 Å². The van der Waals surface area contributed by atoms with Crippen LogP contribution in [0.1, 0.15) is 54.2 Å². The average molecular weight is 361 g/mol. The summed E-state index contributed by atoms with van der Waals surface area (Å²) in [7, 11) is 0. The molecule has 6 heteroatoms. The van der Waals surface area contributed by atoms with E-state index in [1.165, 1.54) is 16.8 Å². The van der Waals surface area contributed by atoms with Crippen LogP contribution in [0.3, 0.4) is 0 Å². The minimum atomic E-state index is 0.161. The molecule has 3 aromatic rings. The first-order valence-corrected chi connectivity index (χ1v) is 9.75. The highest BCUT2D eigenvalue weighted by atomic mass is 16.2. The molecule has 5 rings (SSSR count). The van der Waals surface area contributed by atoms with Crippen molar-refractivity contribution in [2.24, 2.45) is 0 Å². The van der Waals surface area contributed by atoms with Crippen LogP contribution in [-0.2, 0) is 17.6 Å². The Hall–Kier alpha value is -2.76. The van der Waals surface area contributed by atoms with Gasteiger partial charge in [-0.05, 0) is 50.3 Å². The van der Waals surface area contributed by atoms with Crippen LogP contribution in [0.25, 0.3) is 5.65 Å². The van der Waals surface area contributed by atoms with E-state index in [0.29, 0.717) is 12.5 Å². The standard InChI is InChI=1S/C21H23N5O/c1-14-11-20-23-13-17-18-6-5-16(12-19(17)26(20)24-14)25(18)21(27)4-2-3-15-7-9-22-10-8-15/h7-11,13,16,18H,2-6,12H2,1H3. The van der Waals surface area contributed by atoms with E-state index in [1.54, 1.807) is 0 Å². The van der Waals surface area contributed by atoms with Crippen LogP contribution in [0.15, 0.2) is 36.8 Å². The zero-order chi connectivity index (χ0) is 18.4. The number of fused-ring (bicyclic) bond motifs is 6. The molecule has 1 amide bonds. The Balaban J connectivity index is 1.34. The van der Waals surface area contributed by atoms with Crippen molar-refractivity contribution in [3.05, 3.63) is 59.3 Å². The molecule has 1 saturated heterocycles. The Bertz CT molecular complexity index is 996. The lowest BCUT2D eigenvalue weighted by molar-refractivity contribution is -0.134. The summed E-state index contributed by atoms with van der Waals surface area (Å²) >= 11 is 0. The van der Waals surface area contributed by atoms with E-state index in [2.05, 4.69) is 20.0 Å². The van der Waals surface area contributed by atoms with Crippen molar-refractivity contribution < 1.29 is 4.79 Å². The highest BCUT2D eigenvalue weighted by Crippen LogP contribution is 2.43. The molecule has 1 fully saturated rings. The molecule has 0 aliphatic carbocycles. The van der Waals surface area contributed by atoms with E-state index in [1.807, 2.05) is 48.2 Å². The fraction of sp³-hybridized carbons (Fsp3) is 0.429. The Kier molecular flexibility index (Phi) is 3.92. The van der Waals surface area contributed by atoms with Crippen LogP contribution in [0.5, 0.6) is 0 Å². The molecule has 0 saturated carbocycles. The first kappa shape index (κ1) is 16.4. The topological polar surface area (TPSA) is 63.4 Å². The third-order valence-corrected chi connectivity index (χ3v) is 5.92. The van der Waals surface area contributed by atoms with E-state index in [-0.39, 0.29) is 11.9 Å². The smallest absolute Gasteiger partial charge is 0.223 e. The lowest BCUT2D eigenvalue weighted by Gasteiger charge is -2.36. The van der Waals surface area contributed by atoms with Crippen molar-refractivity contribution in [3.63, 3.8) is 0 Å². The summed E-state index contributed by atoms with van der Waals surface area (Å²) in [5.74, 6) is 0.277. The number of hydrogen-bond acceptors (Lipinski definition) is 4. The minimum Gasteiger partial charge on any atom is -0.332 e. The molecule has 0 N–H and O–H groups in total. The molecule has 2 aliphatic heterocycles. The number of carbonyl (C=O) groups excluding carboxylic acids is 1. The van der Waals surface area contributed by atoms with E-state index in [9.17, 15) is 4.79 Å². The van der Waals surface area contributed by atoms with E-state index < -0.39 is 0 Å². The van der Waals surface area contributed by atoms with Gasteiger partial charge in [0.15, 0.2) is 5.65 Å². The van der Waals surface area contributed by atoms with Crippen LogP contribution in [-0.4, -0.2) is 36.4 Å². The van der Waals surface area contributed by atoms with Gasteiger partial charge in [0.25, 0.3) is 0 Å². The molecule has 2 aliphatic rings. The van der Waals surface area contributed by atoms with Crippen molar-refractivity contribution in [3.8, 4) is 0 Å². The minimum absolute atomic E-state index is 0.161. The summed E-state index contributed by atoms with van der Waals surface area (Å²) in [6.45, 7) is 2.00. The lowest BCUT2D eigenvalue weighted by Crippen LogP contribution is -2.42. The Morgan fingerprint density at radius 2 is 2.11 bits per heavy atom. The van der Waals surface area contributed by atoms with Gasteiger partial charge in [0.1, 0.15) is 0 Å². The Morgan fingerprint density at radius 3 is 2.96 bits per heavy atom. The first-order valence-electron chi connectivity index (χ1n) is 9.75. The summed E-state index contributed by atoms with van der Waals surface area (Å²) in [5.41, 5.74) is 5.55. The van der Waals surface area contributed by atoms with Gasteiger partial charge in [-0.1, -0.05) is 0 Å². The molecule has 5 heterocycles. The van der Waals surface area contributed by atoms with Gasteiger partial charge >= 0.3 is 0 Å². The van der Waals surface area contributed by atoms with Crippen LogP contribution >= 0.6 is 0 Å². The van der Waals surface area contributed by atoms with Gasteiger partial charge in [0.05, 0.1) is 17.4 Å². The summed E-state index contributed by atoms with van der Waals surface area (Å²) in [5, 5.41) is 4.62. The number of hydrogen-bond donors (Lipinski definition) is 0. The van der Waals surface area contributed by atoms with Crippen LogP contribution < -0.4 is 0 Å². The van der Waals surface area contributed by atoms with Gasteiger partial charge in [-0.15, -0.1) is 0 Å². The summed E-state index contributed by atoms with van der Waals surface area (Å²) in [4.78, 5) is 23.8. The van der Waals surface area contributed by atoms with Crippen LogP contribution in [0, 0.1) is 6.92 Å². The van der Waals surface area contributed by atoms with Crippen molar-refractivity contribution in [2.75, 3.05) is 0 Å². The Labute approximate surface area is 158 Å². The zero-order valence-corrected chi connectivity index (χ0v) is 15.5. The molecule has 0 radical (unpaired) electrons. The SMILES string of the molecule is Cc1cc2ncc3c(n2n1)CC1CCC3N1C(=O)CCCc1ccncc1. The van der Waals surface area contributed by atoms with Gasteiger partial charge in [-0.25, -0.2) is 9.50 Å². The summed E-state index contributed by atoms with van der Waals surface area (Å²) in [6.07, 6.45) is 11.0. The highest BCUT2D eigenvalue weighted by molar-refractivity contribution is 5.78. The predicted octanol–water partition coefficient (Wildman–Crippen LogP) is 3.04. The van der Waals surface area contributed by atoms with Crippen molar-refractivity contribution in [2.45, 2.75) is 57.5 Å². The molecule has 138 valence electrons. The molecule has 2 bridgehead atoms. The fourth-order valence-electron chi connectivity index (χ4n) is 4.70. The van der Waals surface area contributed by atoms with Crippen molar-refractivity contribution >= 4 is 11.6 Å². The molecule has 0 aromatic carbocycles. The summed E-state index contributed by atoms with van der Waals surface area (Å²) in [6, 6.07) is 6.51. The Morgan fingerprint density at radius 1 is 1.26 bits per heavy atom. The second kappa shape index (κ2) is 6.44. The molecular formula is C21H23N5O. The molecule has 2 atom stereocenters. The van der Waals surface area contributed by atoms with Gasteiger partial charge in [-0.2, -0.15) is 5.10 Å². The van der Waals surface area contributed by atoms with E-state index in [4.69, 9.17) is 0 Å². The van der Waals surface area contributed by atoms with E-state index >= 15 is 0 Å². The number of pyridine rings is 1. The first-order chi connectivity index (χ1) is 13.2. The number of aryl methyl sites for hydroxylation is 2. The number of aromatic nitrogens is 4. The number of amides is 1. The molecule has 2 unspecified atom stereocenters. The quantitative estimate of drug-likeness (QED) is 0.716. The molecule has 27 heavy (non-hydrogen) atoms. The van der Waals surface area contributed by atoms with Crippen LogP contribution in [0.2, 0.25) is 0 Å².